The molecule has 56 valence electrons. The van der Waals surface area contributed by atoms with E-state index in [1.54, 1.807) is 0 Å². The topological polar surface area (TPSA) is 59.3 Å². The normalized spacial score (nSPS) is 12.9. The fourth-order valence-electron chi connectivity index (χ4n) is 0.0314. The van der Waals surface area contributed by atoms with Crippen LogP contribution in [0.15, 0.2) is 0 Å². The first-order valence-electron chi connectivity index (χ1n) is 1.24. The van der Waals surface area contributed by atoms with E-state index in [0.29, 0.717) is 0 Å². The number of hydrogen-bond donors (Lipinski definition) is 1. The molecule has 0 saturated heterocycles. The number of thiol groups is 1. The molecule has 0 fully saturated rings. The van der Waals surface area contributed by atoms with Gasteiger partial charge in [-0.15, -0.1) is 0 Å². The van der Waals surface area contributed by atoms with Crippen LogP contribution in [0.3, 0.4) is 0 Å². The van der Waals surface area contributed by atoms with Gasteiger partial charge in [0.1, 0.15) is 0 Å². The van der Waals surface area contributed by atoms with Gasteiger partial charge in [0.2, 0.25) is 0 Å². The second kappa shape index (κ2) is 3.95. The summed E-state index contributed by atoms with van der Waals surface area (Å²) >= 11 is 3.03. The van der Waals surface area contributed by atoms with Crippen LogP contribution in [0.5, 0.6) is 0 Å². The molecule has 0 bridgehead atoms. The summed E-state index contributed by atoms with van der Waals surface area (Å²) in [6, 6.07) is 0. The molecule has 0 heterocycles. The molecule has 0 radical (unpaired) electrons. The summed E-state index contributed by atoms with van der Waals surface area (Å²) in [6.07, 6.45) is 0. The van der Waals surface area contributed by atoms with E-state index in [9.17, 15) is 4.21 Å². The third-order valence-corrected chi connectivity index (χ3v) is 3.93. The molecule has 0 rings (SSSR count). The molecule has 0 spiro atoms. The fourth-order valence-corrected chi connectivity index (χ4v) is 1.97. The Labute approximate surface area is 73.2 Å². The van der Waals surface area contributed by atoms with E-state index in [4.69, 9.17) is 5.26 Å². The number of nitriles is 1. The molecule has 0 unspecified atom stereocenters. The zero-order valence-electron chi connectivity index (χ0n) is 3.22. The van der Waals surface area contributed by atoms with Gasteiger partial charge in [-0.05, 0) is 0 Å². The Balaban J connectivity index is 4.06. The van der Waals surface area contributed by atoms with Crippen LogP contribution < -0.4 is 0 Å². The van der Waals surface area contributed by atoms with E-state index < -0.39 is 10.5 Å². The average Bonchev–Trinajstić information content (AvgIpc) is 1.87. The minimum atomic E-state index is -3.41. The number of thiocyanates is 1. The van der Waals surface area contributed by atoms with E-state index >= 15 is 0 Å². The molecule has 8 heavy (non-hydrogen) atoms. The summed E-state index contributed by atoms with van der Waals surface area (Å²) in [5.41, 5.74) is 0. The molecule has 0 aliphatic carbocycles. The maximum atomic E-state index is 10.5. The first kappa shape index (κ1) is 9.04. The van der Waals surface area contributed by atoms with Gasteiger partial charge in [-0.2, -0.15) is 0 Å². The van der Waals surface area contributed by atoms with Crippen molar-refractivity contribution in [3.05, 3.63) is 0 Å². The van der Waals surface area contributed by atoms with E-state index in [1.807, 2.05) is 0 Å². The SMILES string of the molecule is N#C[SH](=O)([O][Au])[O][Au]. The van der Waals surface area contributed by atoms with Gasteiger partial charge in [-0.25, -0.2) is 0 Å². The molecule has 7 heteroatoms. The zero-order valence-corrected chi connectivity index (χ0v) is 8.45. The van der Waals surface area contributed by atoms with Gasteiger partial charge in [0.05, 0.1) is 0 Å². The minimum absolute atomic E-state index is 1.36. The van der Waals surface area contributed by atoms with Crippen LogP contribution in [0.4, 0.5) is 0 Å². The Morgan fingerprint density at radius 3 is 1.88 bits per heavy atom. The van der Waals surface area contributed by atoms with Crippen LogP contribution in [0.25, 0.3) is 0 Å². The van der Waals surface area contributed by atoms with Gasteiger partial charge >= 0.3 is 73.7 Å². The summed E-state index contributed by atoms with van der Waals surface area (Å²) in [7, 11) is -3.41. The molecule has 0 aromatic heterocycles. The number of nitrogens with zero attached hydrogens (tertiary/aromatic N) is 1. The second-order valence-electron chi connectivity index (χ2n) is 0.708. The summed E-state index contributed by atoms with van der Waals surface area (Å²) in [5.74, 6) is 0. The predicted octanol–water partition coefficient (Wildman–Crippen LogP) is -0.729. The maximum absolute atomic E-state index is 10.5. The molecular formula is CHAu2NO3S. The molecule has 0 amide bonds. The van der Waals surface area contributed by atoms with Crippen LogP contribution >= 0.6 is 0 Å². The van der Waals surface area contributed by atoms with Gasteiger partial charge in [-0.3, -0.25) is 0 Å². The Hall–Kier alpha value is 1.04. The molecule has 0 aliphatic heterocycles. The fraction of sp³-hybridized carbons (Fsp3) is 0. The molecule has 4 nitrogen and oxygen atoms in total. The Morgan fingerprint density at radius 2 is 1.88 bits per heavy atom. The Kier molecular flexibility index (Phi) is 4.47. The van der Waals surface area contributed by atoms with Crippen molar-refractivity contribution in [3.63, 3.8) is 0 Å². The van der Waals surface area contributed by atoms with Crippen molar-refractivity contribution in [1.82, 2.24) is 0 Å². The second-order valence-corrected chi connectivity index (χ2v) is 4.50. The molecule has 0 aromatic rings. The van der Waals surface area contributed by atoms with E-state index in [1.165, 1.54) is 48.3 Å². The third-order valence-electron chi connectivity index (χ3n) is 0.267. The Morgan fingerprint density at radius 1 is 1.50 bits per heavy atom. The number of hydrogen-bond acceptors (Lipinski definition) is 4. The van der Waals surface area contributed by atoms with Crippen molar-refractivity contribution < 1.29 is 52.5 Å². The van der Waals surface area contributed by atoms with Gasteiger partial charge in [-0.1, -0.05) is 0 Å². The van der Waals surface area contributed by atoms with E-state index in [0.717, 1.165) is 0 Å². The van der Waals surface area contributed by atoms with Crippen LogP contribution in [-0.4, -0.2) is 4.21 Å². The standard InChI is InChI=1S/CH3NO3S.2Au/c2-1-6(3,4)5;;/h6H,(H2,3,4,5);;/q;2*+1/p-2. The first-order chi connectivity index (χ1) is 3.68. The Bertz CT molecular complexity index is 144. The monoisotopic (exact) mass is 501 g/mol. The molecule has 0 aliphatic rings. The molecule has 0 N–H and O–H groups in total. The predicted molar refractivity (Wildman–Crippen MR) is 17.3 cm³/mol. The van der Waals surface area contributed by atoms with Crippen LogP contribution in [0.2, 0.25) is 0 Å². The average molecular weight is 501 g/mol. The summed E-state index contributed by atoms with van der Waals surface area (Å²) in [5, 5.41) is 9.37. The van der Waals surface area contributed by atoms with Crippen LogP contribution in [-0.2, 0) is 58.8 Å². The van der Waals surface area contributed by atoms with Gasteiger partial charge in [0.25, 0.3) is 0 Å². The molecular weight excluding hydrogens is 500 g/mol. The number of rotatable bonds is 2. The van der Waals surface area contributed by atoms with Crippen molar-refractivity contribution in [2.75, 3.05) is 0 Å². The van der Waals surface area contributed by atoms with Crippen molar-refractivity contribution in [1.29, 1.82) is 5.26 Å². The van der Waals surface area contributed by atoms with Crippen LogP contribution in [0.1, 0.15) is 0 Å². The molecule has 0 aromatic carbocycles. The van der Waals surface area contributed by atoms with Crippen molar-refractivity contribution in [2.24, 2.45) is 0 Å². The summed E-state index contributed by atoms with van der Waals surface area (Å²) in [6.45, 7) is 0. The first-order valence-corrected chi connectivity index (χ1v) is 4.55. The quantitative estimate of drug-likeness (QED) is 0.309. The third kappa shape index (κ3) is 2.55. The van der Waals surface area contributed by atoms with Gasteiger partial charge in [0, 0.05) is 0 Å². The molecule has 0 saturated carbocycles. The molecule has 0 atom stereocenters. The summed E-state index contributed by atoms with van der Waals surface area (Å²) in [4.78, 5) is 0. The van der Waals surface area contributed by atoms with E-state index in [2.05, 4.69) is 5.38 Å². The van der Waals surface area contributed by atoms with E-state index in [-0.39, 0.29) is 0 Å². The van der Waals surface area contributed by atoms with Crippen molar-refractivity contribution >= 4 is 10.5 Å². The van der Waals surface area contributed by atoms with Crippen molar-refractivity contribution in [2.45, 2.75) is 0 Å². The van der Waals surface area contributed by atoms with Crippen LogP contribution in [0, 0.1) is 10.7 Å². The summed E-state index contributed by atoms with van der Waals surface area (Å²) < 4.78 is 18.8. The van der Waals surface area contributed by atoms with Crippen molar-refractivity contribution in [3.8, 4) is 5.40 Å². The zero-order chi connectivity index (χ0) is 6.62. The van der Waals surface area contributed by atoms with Gasteiger partial charge < -0.3 is 0 Å². The van der Waals surface area contributed by atoms with Gasteiger partial charge in [0.15, 0.2) is 0 Å².